The fraction of sp³-hybridized carbons (Fsp3) is 0.385. The Morgan fingerprint density at radius 2 is 0.780 bits per heavy atom. The Bertz CT molecular complexity index is 1090. The largest absolute Gasteiger partial charge is 0.459 e. The van der Waals surface area contributed by atoms with Gasteiger partial charge in [0.25, 0.3) is 0 Å². The van der Waals surface area contributed by atoms with Crippen LogP contribution in [0.5, 0.6) is 0 Å². The van der Waals surface area contributed by atoms with Crippen LogP contribution in [0.25, 0.3) is 12.2 Å². The second kappa shape index (κ2) is 11.6. The van der Waals surface area contributed by atoms with Crippen molar-refractivity contribution >= 4 is 12.2 Å². The van der Waals surface area contributed by atoms with E-state index >= 15 is 0 Å². The number of alkyl halides is 14. The molecule has 0 spiro atoms. The monoisotopic (exact) mass is 614 g/mol. The molecule has 0 N–H and O–H groups in total. The second-order valence-corrected chi connectivity index (χ2v) is 8.80. The summed E-state index contributed by atoms with van der Waals surface area (Å²) in [5.74, 6) is -26.8. The average molecular weight is 614 g/mol. The highest BCUT2D eigenvalue weighted by molar-refractivity contribution is 5.48. The molecular weight excluding hydrogens is 594 g/mol. The van der Waals surface area contributed by atoms with Crippen LogP contribution in [0.15, 0.2) is 61.7 Å². The Kier molecular flexibility index (Phi) is 9.69. The summed E-state index contributed by atoms with van der Waals surface area (Å²) in [7, 11) is 0. The van der Waals surface area contributed by atoms with E-state index in [1.165, 1.54) is 12.2 Å². The van der Waals surface area contributed by atoms with E-state index in [4.69, 9.17) is 0 Å². The van der Waals surface area contributed by atoms with Gasteiger partial charge in [-0.3, -0.25) is 0 Å². The maximum atomic E-state index is 14.8. The molecule has 0 bridgehead atoms. The zero-order valence-corrected chi connectivity index (χ0v) is 20.5. The number of benzene rings is 2. The minimum Gasteiger partial charge on any atom is -0.361 e. The quantitative estimate of drug-likeness (QED) is 0.217. The molecule has 0 saturated carbocycles. The summed E-state index contributed by atoms with van der Waals surface area (Å²) in [4.78, 5) is 0. The number of hydrogen-bond acceptors (Lipinski definition) is 1. The van der Waals surface area contributed by atoms with Crippen molar-refractivity contribution in [3.05, 3.63) is 83.9 Å². The van der Waals surface area contributed by atoms with Gasteiger partial charge < -0.3 is 4.74 Å². The Morgan fingerprint density at radius 3 is 1.00 bits per heavy atom. The van der Waals surface area contributed by atoms with Gasteiger partial charge in [0.2, 0.25) is 0 Å². The van der Waals surface area contributed by atoms with E-state index in [9.17, 15) is 61.5 Å². The summed E-state index contributed by atoms with van der Waals surface area (Å²) in [5.41, 5.74) is -0.483. The first-order valence-electron chi connectivity index (χ1n) is 11.3. The number of ether oxygens (including phenoxy) is 1. The van der Waals surface area contributed by atoms with Crippen molar-refractivity contribution in [1.29, 1.82) is 0 Å². The molecule has 0 aromatic heterocycles. The SMILES string of the molecule is C=Cc1ccc(CC(OC(Cc2ccc(C=C)cc2)C(F)(F)C(F)(F)C(F)(F)F)C(F)(F)C(F)(F)C(F)(F)F)cc1. The zero-order valence-electron chi connectivity index (χ0n) is 20.5. The van der Waals surface area contributed by atoms with Crippen molar-refractivity contribution in [3.8, 4) is 0 Å². The predicted octanol–water partition coefficient (Wildman–Crippen LogP) is 9.18. The van der Waals surface area contributed by atoms with Gasteiger partial charge in [0.15, 0.2) is 0 Å². The maximum Gasteiger partial charge on any atom is 0.459 e. The first-order valence-corrected chi connectivity index (χ1v) is 11.3. The number of rotatable bonds is 12. The van der Waals surface area contributed by atoms with E-state index in [0.717, 1.165) is 48.5 Å². The van der Waals surface area contributed by atoms with Crippen molar-refractivity contribution in [3.63, 3.8) is 0 Å². The molecule has 2 unspecified atom stereocenters. The van der Waals surface area contributed by atoms with Crippen LogP contribution in [-0.4, -0.2) is 48.3 Å². The molecule has 0 radical (unpaired) electrons. The van der Waals surface area contributed by atoms with Gasteiger partial charge in [-0.2, -0.15) is 61.5 Å². The molecule has 0 fully saturated rings. The Balaban J connectivity index is 2.71. The van der Waals surface area contributed by atoms with Crippen molar-refractivity contribution in [1.82, 2.24) is 0 Å². The van der Waals surface area contributed by atoms with Crippen molar-refractivity contribution in [2.75, 3.05) is 0 Å². The van der Waals surface area contributed by atoms with E-state index in [1.54, 1.807) is 0 Å². The highest BCUT2D eigenvalue weighted by Gasteiger charge is 2.78. The van der Waals surface area contributed by atoms with Crippen LogP contribution >= 0.6 is 0 Å². The lowest BCUT2D eigenvalue weighted by Gasteiger charge is -2.39. The van der Waals surface area contributed by atoms with Gasteiger partial charge in [-0.25, -0.2) is 0 Å². The summed E-state index contributed by atoms with van der Waals surface area (Å²) >= 11 is 0. The molecule has 2 rings (SSSR count). The lowest BCUT2D eigenvalue weighted by molar-refractivity contribution is -0.397. The summed E-state index contributed by atoms with van der Waals surface area (Å²) < 4.78 is 197. The van der Waals surface area contributed by atoms with Crippen LogP contribution in [0, 0.1) is 0 Å². The molecular formula is C26H20F14O. The molecule has 0 heterocycles. The molecule has 0 saturated heterocycles. The van der Waals surface area contributed by atoms with E-state index < -0.39 is 72.2 Å². The van der Waals surface area contributed by atoms with Crippen molar-refractivity contribution in [2.45, 2.75) is 61.1 Å². The summed E-state index contributed by atoms with van der Waals surface area (Å²) in [6.07, 6.45) is -23.0. The normalized spacial score (nSPS) is 15.4. The molecule has 1 nitrogen and oxygen atoms in total. The third-order valence-corrected chi connectivity index (χ3v) is 5.96. The highest BCUT2D eigenvalue weighted by atomic mass is 19.4. The van der Waals surface area contributed by atoms with E-state index in [0.29, 0.717) is 0 Å². The van der Waals surface area contributed by atoms with Gasteiger partial charge in [-0.1, -0.05) is 73.8 Å². The fourth-order valence-electron chi connectivity index (χ4n) is 3.51. The lowest BCUT2D eigenvalue weighted by Crippen LogP contribution is -2.63. The Labute approximate surface area is 224 Å². The minimum absolute atomic E-state index is 0.288. The van der Waals surface area contributed by atoms with Crippen LogP contribution in [0.4, 0.5) is 61.5 Å². The average Bonchev–Trinajstić information content (AvgIpc) is 2.86. The summed E-state index contributed by atoms with van der Waals surface area (Å²) in [5, 5.41) is 0. The zero-order chi connectivity index (χ0) is 31.7. The van der Waals surface area contributed by atoms with Crippen molar-refractivity contribution < 1.29 is 66.2 Å². The standard InChI is InChI=1S/C26H20F14O/c1-3-15-5-9-17(10-6-15)13-19(21(27,28)23(31,32)25(35,36)37)41-20(14-18-11-7-16(4-2)8-12-18)22(29,30)24(33,34)26(38,39)40/h3-12,19-20H,1-2,13-14H2. The predicted molar refractivity (Wildman–Crippen MR) is 121 cm³/mol. The summed E-state index contributed by atoms with van der Waals surface area (Å²) in [6.45, 7) is 6.72. The van der Waals surface area contributed by atoms with Crippen LogP contribution in [0.2, 0.25) is 0 Å². The molecule has 2 aromatic carbocycles. The molecule has 2 aromatic rings. The van der Waals surface area contributed by atoms with Crippen molar-refractivity contribution in [2.24, 2.45) is 0 Å². The number of halogens is 14. The molecule has 15 heteroatoms. The van der Waals surface area contributed by atoms with Crippen LogP contribution in [-0.2, 0) is 17.6 Å². The van der Waals surface area contributed by atoms with Crippen LogP contribution in [0.1, 0.15) is 22.3 Å². The lowest BCUT2D eigenvalue weighted by atomic mass is 9.94. The molecule has 228 valence electrons. The van der Waals surface area contributed by atoms with Gasteiger partial charge in [0, 0.05) is 12.8 Å². The molecule has 0 aliphatic rings. The molecule has 0 aliphatic heterocycles. The summed E-state index contributed by atoms with van der Waals surface area (Å²) in [6, 6.07) is 7.91. The topological polar surface area (TPSA) is 9.23 Å². The third-order valence-electron chi connectivity index (χ3n) is 5.96. The Hall–Kier alpha value is -3.10. The maximum absolute atomic E-state index is 14.8. The smallest absolute Gasteiger partial charge is 0.361 e. The highest BCUT2D eigenvalue weighted by Crippen LogP contribution is 2.52. The fourth-order valence-corrected chi connectivity index (χ4v) is 3.51. The first kappa shape index (κ1) is 34.1. The molecule has 0 aliphatic carbocycles. The molecule has 0 amide bonds. The van der Waals surface area contributed by atoms with Crippen LogP contribution < -0.4 is 0 Å². The van der Waals surface area contributed by atoms with Crippen LogP contribution in [0.3, 0.4) is 0 Å². The van der Waals surface area contributed by atoms with E-state index in [1.807, 2.05) is 0 Å². The molecule has 41 heavy (non-hydrogen) atoms. The van der Waals surface area contributed by atoms with E-state index in [2.05, 4.69) is 17.9 Å². The number of hydrogen-bond donors (Lipinski definition) is 0. The second-order valence-electron chi connectivity index (χ2n) is 8.80. The van der Waals surface area contributed by atoms with Gasteiger partial charge >= 0.3 is 36.0 Å². The Morgan fingerprint density at radius 1 is 0.512 bits per heavy atom. The van der Waals surface area contributed by atoms with Gasteiger partial charge in [0.05, 0.1) is 0 Å². The van der Waals surface area contributed by atoms with Gasteiger partial charge in [-0.15, -0.1) is 0 Å². The molecule has 2 atom stereocenters. The third kappa shape index (κ3) is 6.87. The first-order chi connectivity index (χ1) is 18.5. The van der Waals surface area contributed by atoms with Gasteiger partial charge in [-0.05, 0) is 22.3 Å². The minimum atomic E-state index is -7.00. The van der Waals surface area contributed by atoms with E-state index in [-0.39, 0.29) is 11.1 Å². The van der Waals surface area contributed by atoms with Gasteiger partial charge in [0.1, 0.15) is 12.2 Å².